The van der Waals surface area contributed by atoms with E-state index in [0.29, 0.717) is 0 Å². The van der Waals surface area contributed by atoms with Gasteiger partial charge in [-0.15, -0.1) is 0 Å². The molecule has 9 heavy (non-hydrogen) atoms. The van der Waals surface area contributed by atoms with Gasteiger partial charge in [0.05, 0.1) is 6.61 Å². The zero-order valence-corrected chi connectivity index (χ0v) is 5.09. The maximum Gasteiger partial charge on any atom is 0.236 e. The van der Waals surface area contributed by atoms with Gasteiger partial charge in [0.2, 0.25) is 5.78 Å². The molecule has 0 amide bonds. The number of carbonyl (C=O) groups excluding carboxylic acids is 1. The second kappa shape index (κ2) is 4.07. The maximum atomic E-state index is 10.4. The van der Waals surface area contributed by atoms with Crippen molar-refractivity contribution in [2.75, 3.05) is 6.61 Å². The van der Waals surface area contributed by atoms with Crippen LogP contribution >= 0.6 is 0 Å². The third kappa shape index (κ3) is 2.85. The summed E-state index contributed by atoms with van der Waals surface area (Å²) in [6.07, 6.45) is -1.34. The minimum atomic E-state index is -1.34. The fourth-order valence-corrected chi connectivity index (χ4v) is 0.289. The molecule has 0 aliphatic rings. The summed E-state index contributed by atoms with van der Waals surface area (Å²) in [4.78, 5) is 10.4. The van der Waals surface area contributed by atoms with Gasteiger partial charge in [0.15, 0.2) is 0 Å². The Morgan fingerprint density at radius 2 is 2.33 bits per heavy atom. The monoisotopic (exact) mass is 128 g/mol. The molecule has 0 aliphatic carbocycles. The van der Waals surface area contributed by atoms with E-state index in [0.717, 1.165) is 0 Å². The van der Waals surface area contributed by atoms with Crippen LogP contribution < -0.4 is 0 Å². The molecule has 3 nitrogen and oxygen atoms in total. The number of rotatable bonds is 2. The summed E-state index contributed by atoms with van der Waals surface area (Å²) in [5.41, 5.74) is 0. The Labute approximate surface area is 53.3 Å². The third-order valence-corrected chi connectivity index (χ3v) is 0.724. The summed E-state index contributed by atoms with van der Waals surface area (Å²) in [6, 6.07) is 0. The Hall–Kier alpha value is -0.850. The number of aliphatic hydroxyl groups excluding tert-OH is 2. The molecule has 0 saturated heterocycles. The highest BCUT2D eigenvalue weighted by Crippen LogP contribution is 1.80. The van der Waals surface area contributed by atoms with Gasteiger partial charge in [0, 0.05) is 0 Å². The van der Waals surface area contributed by atoms with Crippen LogP contribution in [-0.4, -0.2) is 28.7 Å². The van der Waals surface area contributed by atoms with Crippen molar-refractivity contribution < 1.29 is 15.0 Å². The highest BCUT2D eigenvalue weighted by atomic mass is 16.3. The summed E-state index contributed by atoms with van der Waals surface area (Å²) in [7, 11) is 0. The van der Waals surface area contributed by atoms with E-state index < -0.39 is 18.5 Å². The van der Waals surface area contributed by atoms with Crippen LogP contribution in [-0.2, 0) is 4.79 Å². The lowest BCUT2D eigenvalue weighted by molar-refractivity contribution is -0.123. The maximum absolute atomic E-state index is 10.4. The van der Waals surface area contributed by atoms with Gasteiger partial charge in [-0.1, -0.05) is 5.92 Å². The van der Waals surface area contributed by atoms with Crippen LogP contribution in [0.15, 0.2) is 0 Å². The van der Waals surface area contributed by atoms with Gasteiger partial charge in [0.1, 0.15) is 6.10 Å². The number of ketones is 1. The van der Waals surface area contributed by atoms with Crippen LogP contribution in [0.3, 0.4) is 0 Å². The lowest BCUT2D eigenvalue weighted by Gasteiger charge is -1.96. The summed E-state index contributed by atoms with van der Waals surface area (Å²) in [5, 5.41) is 16.7. The number of hydrogen-bond acceptors (Lipinski definition) is 3. The van der Waals surface area contributed by atoms with Gasteiger partial charge >= 0.3 is 0 Å². The number of carbonyl (C=O) groups is 1. The van der Waals surface area contributed by atoms with Crippen molar-refractivity contribution in [1.82, 2.24) is 0 Å². The molecule has 0 rings (SSSR count). The van der Waals surface area contributed by atoms with Gasteiger partial charge < -0.3 is 10.2 Å². The van der Waals surface area contributed by atoms with E-state index in [2.05, 4.69) is 11.8 Å². The van der Waals surface area contributed by atoms with E-state index in [4.69, 9.17) is 10.2 Å². The molecule has 0 fully saturated rings. The smallest absolute Gasteiger partial charge is 0.236 e. The summed E-state index contributed by atoms with van der Waals surface area (Å²) >= 11 is 0. The second-order valence-electron chi connectivity index (χ2n) is 1.44. The van der Waals surface area contributed by atoms with E-state index in [-0.39, 0.29) is 0 Å². The van der Waals surface area contributed by atoms with Crippen molar-refractivity contribution in [1.29, 1.82) is 0 Å². The molecule has 50 valence electrons. The van der Waals surface area contributed by atoms with Crippen molar-refractivity contribution in [2.45, 2.75) is 13.0 Å². The molecule has 0 heterocycles. The molecule has 0 aromatic carbocycles. The molecule has 0 radical (unpaired) electrons. The quantitative estimate of drug-likeness (QED) is 0.368. The van der Waals surface area contributed by atoms with E-state index in [9.17, 15) is 4.79 Å². The highest BCUT2D eigenvalue weighted by molar-refractivity contribution is 5.98. The first-order valence-corrected chi connectivity index (χ1v) is 2.48. The fraction of sp³-hybridized carbons (Fsp3) is 0.500. The van der Waals surface area contributed by atoms with E-state index in [1.165, 1.54) is 6.92 Å². The first-order valence-electron chi connectivity index (χ1n) is 2.48. The minimum absolute atomic E-state index is 0.562. The Bertz CT molecular complexity index is 151. The van der Waals surface area contributed by atoms with Crippen LogP contribution in [0.2, 0.25) is 0 Å². The van der Waals surface area contributed by atoms with Crippen molar-refractivity contribution in [3.8, 4) is 11.8 Å². The number of aliphatic hydroxyl groups is 2. The van der Waals surface area contributed by atoms with Gasteiger partial charge in [-0.05, 0) is 12.8 Å². The topological polar surface area (TPSA) is 57.5 Å². The molecule has 0 saturated carbocycles. The van der Waals surface area contributed by atoms with Crippen molar-refractivity contribution >= 4 is 5.78 Å². The normalized spacial score (nSPS) is 11.4. The average Bonchev–Trinajstić information content (AvgIpc) is 1.87. The molecule has 0 spiro atoms. The fourth-order valence-electron chi connectivity index (χ4n) is 0.289. The molecule has 0 bridgehead atoms. The first-order chi connectivity index (χ1) is 4.22. The SMILES string of the molecule is CC#CC(=O)C(O)CO. The number of Topliss-reactive ketones (excluding diaryl/α,β-unsaturated/α-hetero) is 1. The van der Waals surface area contributed by atoms with Gasteiger partial charge in [0.25, 0.3) is 0 Å². The summed E-state index contributed by atoms with van der Waals surface area (Å²) in [6.45, 7) is 0.926. The van der Waals surface area contributed by atoms with Gasteiger partial charge in [-0.25, -0.2) is 0 Å². The standard InChI is InChI=1S/C6H8O3/c1-2-3-5(8)6(9)4-7/h6-7,9H,4H2,1H3. The van der Waals surface area contributed by atoms with E-state index >= 15 is 0 Å². The van der Waals surface area contributed by atoms with Gasteiger partial charge in [-0.3, -0.25) is 4.79 Å². The molecular formula is C6H8O3. The lowest BCUT2D eigenvalue weighted by Crippen LogP contribution is -2.22. The van der Waals surface area contributed by atoms with Crippen LogP contribution in [0.4, 0.5) is 0 Å². The van der Waals surface area contributed by atoms with E-state index in [1.54, 1.807) is 0 Å². The van der Waals surface area contributed by atoms with Gasteiger partial charge in [-0.2, -0.15) is 0 Å². The average molecular weight is 128 g/mol. The summed E-state index contributed by atoms with van der Waals surface area (Å²) in [5.74, 6) is 3.77. The largest absolute Gasteiger partial charge is 0.393 e. The Balaban J connectivity index is 3.83. The van der Waals surface area contributed by atoms with Crippen molar-refractivity contribution in [3.63, 3.8) is 0 Å². The van der Waals surface area contributed by atoms with Crippen molar-refractivity contribution in [2.24, 2.45) is 0 Å². The number of hydrogen-bond donors (Lipinski definition) is 2. The molecule has 2 N–H and O–H groups in total. The Kier molecular flexibility index (Phi) is 3.69. The van der Waals surface area contributed by atoms with Crippen LogP contribution in [0.25, 0.3) is 0 Å². The summed E-state index contributed by atoms with van der Waals surface area (Å²) < 4.78 is 0. The molecule has 1 unspecified atom stereocenters. The predicted molar refractivity (Wildman–Crippen MR) is 31.5 cm³/mol. The lowest BCUT2D eigenvalue weighted by atomic mass is 10.2. The first kappa shape index (κ1) is 8.15. The van der Waals surface area contributed by atoms with E-state index in [1.807, 2.05) is 0 Å². The molecule has 3 heteroatoms. The Morgan fingerprint density at radius 3 is 2.67 bits per heavy atom. The molecule has 0 aromatic rings. The second-order valence-corrected chi connectivity index (χ2v) is 1.44. The Morgan fingerprint density at radius 1 is 1.78 bits per heavy atom. The predicted octanol–water partition coefficient (Wildman–Crippen LogP) is -1.07. The van der Waals surface area contributed by atoms with Crippen LogP contribution in [0.1, 0.15) is 6.92 Å². The van der Waals surface area contributed by atoms with Crippen molar-refractivity contribution in [3.05, 3.63) is 0 Å². The third-order valence-electron chi connectivity index (χ3n) is 0.724. The minimum Gasteiger partial charge on any atom is -0.393 e. The molecule has 1 atom stereocenters. The molecule has 0 aliphatic heterocycles. The zero-order chi connectivity index (χ0) is 7.28. The van der Waals surface area contributed by atoms with Crippen LogP contribution in [0.5, 0.6) is 0 Å². The highest BCUT2D eigenvalue weighted by Gasteiger charge is 2.08. The zero-order valence-electron chi connectivity index (χ0n) is 5.09. The van der Waals surface area contributed by atoms with Crippen LogP contribution in [0, 0.1) is 11.8 Å². The molecule has 0 aromatic heterocycles. The molecular weight excluding hydrogens is 120 g/mol.